The van der Waals surface area contributed by atoms with Crippen LogP contribution < -0.4 is 4.74 Å². The summed E-state index contributed by atoms with van der Waals surface area (Å²) in [5.74, 6) is 1.60. The monoisotopic (exact) mass is 414 g/mol. The molecule has 0 unspecified atom stereocenters. The van der Waals surface area contributed by atoms with E-state index in [0.717, 1.165) is 10.0 Å². The lowest BCUT2D eigenvalue weighted by molar-refractivity contribution is 0.421. The van der Waals surface area contributed by atoms with Crippen molar-refractivity contribution in [3.05, 3.63) is 70.5 Å². The minimum Gasteiger partial charge on any atom is -0.532 e. The van der Waals surface area contributed by atoms with Crippen LogP contribution in [0.3, 0.4) is 0 Å². The Bertz CT molecular complexity index is 851. The summed E-state index contributed by atoms with van der Waals surface area (Å²) in [6.45, 7) is 10.1. The van der Waals surface area contributed by atoms with Crippen molar-refractivity contribution < 1.29 is 9.16 Å². The first-order valence-electron chi connectivity index (χ1n) is 7.66. The molecule has 0 aliphatic carbocycles. The van der Waals surface area contributed by atoms with Crippen molar-refractivity contribution in [1.82, 2.24) is 0 Å². The predicted molar refractivity (Wildman–Crippen MR) is 107 cm³/mol. The average molecular weight is 415 g/mol. The van der Waals surface area contributed by atoms with Crippen molar-refractivity contribution in [3.8, 4) is 17.6 Å². The highest BCUT2D eigenvalue weighted by Crippen LogP contribution is 2.28. The van der Waals surface area contributed by atoms with Crippen molar-refractivity contribution in [1.29, 1.82) is 5.26 Å². The average Bonchev–Trinajstić information content (AvgIpc) is 2.53. The molecule has 0 amide bonds. The molecule has 2 aromatic carbocycles. The smallest absolute Gasteiger partial charge is 0.244 e. The molecule has 0 N–H and O–H groups in total. The highest BCUT2D eigenvalue weighted by Gasteiger charge is 2.16. The fraction of sp³-hybridized carbons (Fsp3) is 0.158. The Morgan fingerprint density at radius 3 is 2.68 bits per heavy atom. The van der Waals surface area contributed by atoms with Crippen LogP contribution in [0.15, 0.2) is 64.4 Å². The van der Waals surface area contributed by atoms with Gasteiger partial charge in [0.1, 0.15) is 11.5 Å². The van der Waals surface area contributed by atoms with Crippen molar-refractivity contribution in [2.75, 3.05) is 0 Å². The Labute approximate surface area is 157 Å². The van der Waals surface area contributed by atoms with Crippen LogP contribution in [-0.4, -0.2) is 14.5 Å². The van der Waals surface area contributed by atoms with Gasteiger partial charge in [-0.3, -0.25) is 0 Å². The standard InChI is InChI=1S/C19H19BrN2O2Si/c1-14(24-25(2,3)4)22-13-16-11-17(20)8-9-19(16)23-18-7-5-6-15(10-18)12-21/h5-11,13H,1H2,2-4H3/b22-13+. The largest absolute Gasteiger partial charge is 0.532 e. The van der Waals surface area contributed by atoms with Gasteiger partial charge in [-0.15, -0.1) is 0 Å². The number of rotatable bonds is 6. The van der Waals surface area contributed by atoms with Gasteiger partial charge < -0.3 is 9.16 Å². The van der Waals surface area contributed by atoms with Gasteiger partial charge in [0.05, 0.1) is 11.6 Å². The third-order valence-corrected chi connectivity index (χ3v) is 4.28. The number of nitrogens with zero attached hydrogens (tertiary/aromatic N) is 2. The summed E-state index contributed by atoms with van der Waals surface area (Å²) in [5.41, 5.74) is 1.32. The van der Waals surface area contributed by atoms with E-state index in [2.05, 4.69) is 53.2 Å². The summed E-state index contributed by atoms with van der Waals surface area (Å²) >= 11 is 3.45. The molecule has 4 nitrogen and oxygen atoms in total. The second-order valence-electron chi connectivity index (χ2n) is 6.29. The summed E-state index contributed by atoms with van der Waals surface area (Å²) in [6.07, 6.45) is 1.66. The van der Waals surface area contributed by atoms with E-state index in [0.29, 0.717) is 22.9 Å². The van der Waals surface area contributed by atoms with E-state index in [-0.39, 0.29) is 0 Å². The quantitative estimate of drug-likeness (QED) is 0.338. The fourth-order valence-corrected chi connectivity index (χ4v) is 3.13. The zero-order valence-corrected chi connectivity index (χ0v) is 17.0. The maximum absolute atomic E-state index is 9.00. The van der Waals surface area contributed by atoms with E-state index >= 15 is 0 Å². The molecule has 0 radical (unpaired) electrons. The topological polar surface area (TPSA) is 54.6 Å². The molecule has 25 heavy (non-hydrogen) atoms. The molecule has 2 aromatic rings. The van der Waals surface area contributed by atoms with E-state index < -0.39 is 8.32 Å². The van der Waals surface area contributed by atoms with Gasteiger partial charge in [0.2, 0.25) is 8.32 Å². The van der Waals surface area contributed by atoms with Gasteiger partial charge in [-0.25, -0.2) is 4.99 Å². The van der Waals surface area contributed by atoms with E-state index in [1.807, 2.05) is 18.2 Å². The molecule has 6 heteroatoms. The van der Waals surface area contributed by atoms with Gasteiger partial charge in [-0.1, -0.05) is 22.0 Å². The molecular weight excluding hydrogens is 396 g/mol. The first kappa shape index (κ1) is 19.0. The van der Waals surface area contributed by atoms with Crippen LogP contribution in [-0.2, 0) is 4.43 Å². The first-order chi connectivity index (χ1) is 11.8. The van der Waals surface area contributed by atoms with Crippen molar-refractivity contribution in [3.63, 3.8) is 0 Å². The van der Waals surface area contributed by atoms with Crippen LogP contribution >= 0.6 is 15.9 Å². The highest BCUT2D eigenvalue weighted by atomic mass is 79.9. The predicted octanol–water partition coefficient (Wildman–Crippen LogP) is 5.85. The van der Waals surface area contributed by atoms with Gasteiger partial charge in [-0.05, 0) is 62.6 Å². The van der Waals surface area contributed by atoms with Crippen LogP contribution in [0.25, 0.3) is 0 Å². The maximum atomic E-state index is 9.00. The normalized spacial score (nSPS) is 11.2. The van der Waals surface area contributed by atoms with Gasteiger partial charge in [0.15, 0.2) is 5.88 Å². The van der Waals surface area contributed by atoms with Crippen molar-refractivity contribution in [2.45, 2.75) is 19.6 Å². The molecule has 0 heterocycles. The lowest BCUT2D eigenvalue weighted by Crippen LogP contribution is -2.24. The van der Waals surface area contributed by atoms with Gasteiger partial charge in [0.25, 0.3) is 0 Å². The molecule has 0 aliphatic rings. The second-order valence-corrected chi connectivity index (χ2v) is 11.6. The second kappa shape index (κ2) is 8.14. The number of hydrogen-bond acceptors (Lipinski definition) is 4. The van der Waals surface area contributed by atoms with Gasteiger partial charge >= 0.3 is 0 Å². The minimum absolute atomic E-state index is 0.386. The van der Waals surface area contributed by atoms with Crippen LogP contribution in [0.4, 0.5) is 0 Å². The number of nitriles is 1. The summed E-state index contributed by atoms with van der Waals surface area (Å²) < 4.78 is 12.6. The third-order valence-electron chi connectivity index (χ3n) is 2.93. The number of hydrogen-bond donors (Lipinski definition) is 0. The first-order valence-corrected chi connectivity index (χ1v) is 11.9. The SMILES string of the molecule is C=C(/N=C/c1cc(Br)ccc1Oc1cccc(C#N)c1)O[Si](C)(C)C. The van der Waals surface area contributed by atoms with Crippen LogP contribution in [0.1, 0.15) is 11.1 Å². The molecule has 2 rings (SSSR count). The van der Waals surface area contributed by atoms with Crippen LogP contribution in [0.2, 0.25) is 19.6 Å². The molecule has 0 bridgehead atoms. The third kappa shape index (κ3) is 6.22. The summed E-state index contributed by atoms with van der Waals surface area (Å²) in [4.78, 5) is 4.30. The van der Waals surface area contributed by atoms with Crippen LogP contribution in [0.5, 0.6) is 11.5 Å². The molecule has 0 fully saturated rings. The Hall–Kier alpha value is -2.36. The Kier molecular flexibility index (Phi) is 6.18. The van der Waals surface area contributed by atoms with E-state index in [1.165, 1.54) is 0 Å². The molecule has 128 valence electrons. The fourth-order valence-electron chi connectivity index (χ4n) is 1.99. The number of halogens is 1. The molecule has 0 aliphatic heterocycles. The number of ether oxygens (including phenoxy) is 1. The molecule has 0 saturated heterocycles. The summed E-state index contributed by atoms with van der Waals surface area (Å²) in [7, 11) is -1.74. The highest BCUT2D eigenvalue weighted by molar-refractivity contribution is 9.10. The molecule has 0 aromatic heterocycles. The zero-order chi connectivity index (χ0) is 18.4. The lowest BCUT2D eigenvalue weighted by Gasteiger charge is -2.18. The number of benzene rings is 2. The summed E-state index contributed by atoms with van der Waals surface area (Å²) in [6, 6.07) is 14.7. The Balaban J connectivity index is 2.25. The molecular formula is C19H19BrN2O2Si. The van der Waals surface area contributed by atoms with E-state index in [1.54, 1.807) is 30.5 Å². The summed E-state index contributed by atoms with van der Waals surface area (Å²) in [5, 5.41) is 9.00. The Morgan fingerprint density at radius 2 is 2.00 bits per heavy atom. The lowest BCUT2D eigenvalue weighted by atomic mass is 10.2. The zero-order valence-electron chi connectivity index (χ0n) is 14.4. The van der Waals surface area contributed by atoms with Crippen LogP contribution in [0, 0.1) is 11.3 Å². The molecule has 0 saturated carbocycles. The van der Waals surface area contributed by atoms with Crippen molar-refractivity contribution in [2.24, 2.45) is 4.99 Å². The minimum atomic E-state index is -1.74. The molecule has 0 atom stereocenters. The molecule has 0 spiro atoms. The maximum Gasteiger partial charge on any atom is 0.244 e. The van der Waals surface area contributed by atoms with E-state index in [9.17, 15) is 0 Å². The van der Waals surface area contributed by atoms with Crippen molar-refractivity contribution >= 4 is 30.5 Å². The Morgan fingerprint density at radius 1 is 1.24 bits per heavy atom. The van der Waals surface area contributed by atoms with E-state index in [4.69, 9.17) is 14.4 Å². The van der Waals surface area contributed by atoms with Gasteiger partial charge in [-0.2, -0.15) is 5.26 Å². The van der Waals surface area contributed by atoms with Gasteiger partial charge in [0, 0.05) is 16.3 Å². The number of aliphatic imine (C=N–C) groups is 1.